The molecule has 1 atom stereocenters. The summed E-state index contributed by atoms with van der Waals surface area (Å²) in [6.07, 6.45) is 1.70. The van der Waals surface area contributed by atoms with Gasteiger partial charge in [0.05, 0.1) is 0 Å². The summed E-state index contributed by atoms with van der Waals surface area (Å²) in [7, 11) is 0. The fourth-order valence-electron chi connectivity index (χ4n) is 1.71. The summed E-state index contributed by atoms with van der Waals surface area (Å²) in [6, 6.07) is 6.32. The van der Waals surface area contributed by atoms with E-state index in [1.807, 2.05) is 0 Å². The van der Waals surface area contributed by atoms with E-state index in [-0.39, 0.29) is 17.5 Å². The van der Waals surface area contributed by atoms with E-state index < -0.39 is 11.5 Å². The number of aliphatic carboxylic acids is 1. The molecule has 3 nitrogen and oxygen atoms in total. The number of rotatable bonds is 5. The van der Waals surface area contributed by atoms with Crippen molar-refractivity contribution in [2.75, 3.05) is 5.75 Å². The first kappa shape index (κ1) is 12.4. The molecule has 0 spiro atoms. The number of carboxylic acids is 1. The standard InChI is InChI=1S/C12H14FNO2S/c13-9-3-1-2-4-10(9)17-7-12(14,11(15)16)8-5-6-8/h1-4,8H,5-7,14H2,(H,15,16). The van der Waals surface area contributed by atoms with Crippen LogP contribution in [0.5, 0.6) is 0 Å². The first-order chi connectivity index (χ1) is 8.04. The van der Waals surface area contributed by atoms with Crippen LogP contribution < -0.4 is 5.73 Å². The highest BCUT2D eigenvalue weighted by molar-refractivity contribution is 7.99. The number of thioether (sulfide) groups is 1. The average molecular weight is 255 g/mol. The number of carbonyl (C=O) groups is 1. The molecule has 92 valence electrons. The minimum Gasteiger partial charge on any atom is -0.480 e. The van der Waals surface area contributed by atoms with Gasteiger partial charge < -0.3 is 10.8 Å². The van der Waals surface area contributed by atoms with Crippen LogP contribution in [0.1, 0.15) is 12.8 Å². The average Bonchev–Trinajstić information content (AvgIpc) is 3.11. The summed E-state index contributed by atoms with van der Waals surface area (Å²) < 4.78 is 13.4. The third-order valence-corrected chi connectivity index (χ3v) is 4.27. The van der Waals surface area contributed by atoms with Gasteiger partial charge in [-0.25, -0.2) is 4.39 Å². The number of halogens is 1. The zero-order valence-electron chi connectivity index (χ0n) is 9.23. The number of hydrogen-bond donors (Lipinski definition) is 2. The van der Waals surface area contributed by atoms with Crippen molar-refractivity contribution < 1.29 is 14.3 Å². The van der Waals surface area contributed by atoms with Gasteiger partial charge in [0.15, 0.2) is 0 Å². The van der Waals surface area contributed by atoms with Gasteiger partial charge in [0, 0.05) is 10.6 Å². The van der Waals surface area contributed by atoms with Crippen LogP contribution in [0.4, 0.5) is 4.39 Å². The van der Waals surface area contributed by atoms with Gasteiger partial charge in [0.2, 0.25) is 0 Å². The molecule has 1 unspecified atom stereocenters. The molecule has 1 aromatic rings. The Bertz CT molecular complexity index is 436. The van der Waals surface area contributed by atoms with Gasteiger partial charge in [0.25, 0.3) is 0 Å². The summed E-state index contributed by atoms with van der Waals surface area (Å²) >= 11 is 1.17. The fraction of sp³-hybridized carbons (Fsp3) is 0.417. The van der Waals surface area contributed by atoms with Crippen molar-refractivity contribution in [3.8, 4) is 0 Å². The van der Waals surface area contributed by atoms with E-state index in [1.165, 1.54) is 17.8 Å². The van der Waals surface area contributed by atoms with Crippen molar-refractivity contribution in [1.82, 2.24) is 0 Å². The quantitative estimate of drug-likeness (QED) is 0.791. The molecule has 1 aromatic carbocycles. The topological polar surface area (TPSA) is 63.3 Å². The van der Waals surface area contributed by atoms with Crippen LogP contribution >= 0.6 is 11.8 Å². The van der Waals surface area contributed by atoms with Crippen molar-refractivity contribution in [1.29, 1.82) is 0 Å². The second kappa shape index (κ2) is 4.66. The van der Waals surface area contributed by atoms with Crippen LogP contribution in [0, 0.1) is 11.7 Å². The minimum absolute atomic E-state index is 0.0271. The Morgan fingerprint density at radius 2 is 2.18 bits per heavy atom. The molecule has 1 saturated carbocycles. The normalized spacial score (nSPS) is 18.7. The molecular weight excluding hydrogens is 241 g/mol. The summed E-state index contributed by atoms with van der Waals surface area (Å²) in [4.78, 5) is 11.6. The van der Waals surface area contributed by atoms with Gasteiger partial charge in [-0.15, -0.1) is 11.8 Å². The molecule has 0 bridgehead atoms. The van der Waals surface area contributed by atoms with Crippen LogP contribution in [0.3, 0.4) is 0 Å². The van der Waals surface area contributed by atoms with Crippen molar-refractivity contribution in [3.05, 3.63) is 30.1 Å². The Hall–Kier alpha value is -1.07. The second-order valence-corrected chi connectivity index (χ2v) is 5.36. The Labute approximate surface area is 103 Å². The Kier molecular flexibility index (Phi) is 3.40. The molecule has 0 radical (unpaired) electrons. The summed E-state index contributed by atoms with van der Waals surface area (Å²) in [5, 5.41) is 9.16. The smallest absolute Gasteiger partial charge is 0.324 e. The highest BCUT2D eigenvalue weighted by Crippen LogP contribution is 2.41. The predicted octanol–water partition coefficient (Wildman–Crippen LogP) is 2.11. The van der Waals surface area contributed by atoms with Gasteiger partial charge in [-0.05, 0) is 30.9 Å². The van der Waals surface area contributed by atoms with Crippen molar-refractivity contribution in [3.63, 3.8) is 0 Å². The molecule has 0 aliphatic heterocycles. The zero-order chi connectivity index (χ0) is 12.5. The summed E-state index contributed by atoms with van der Waals surface area (Å²) in [5.74, 6) is -1.10. The maximum Gasteiger partial charge on any atom is 0.324 e. The zero-order valence-corrected chi connectivity index (χ0v) is 10.0. The molecule has 0 amide bonds. The monoisotopic (exact) mass is 255 g/mol. The van der Waals surface area contributed by atoms with Crippen LogP contribution in [0.25, 0.3) is 0 Å². The molecule has 2 rings (SSSR count). The molecule has 0 aromatic heterocycles. The first-order valence-corrected chi connectivity index (χ1v) is 6.42. The van der Waals surface area contributed by atoms with E-state index in [9.17, 15) is 9.18 Å². The number of carboxylic acid groups (broad SMARTS) is 1. The lowest BCUT2D eigenvalue weighted by Crippen LogP contribution is -2.52. The van der Waals surface area contributed by atoms with Crippen LogP contribution in [-0.2, 0) is 4.79 Å². The van der Waals surface area contributed by atoms with Gasteiger partial charge in [-0.3, -0.25) is 4.79 Å². The molecule has 17 heavy (non-hydrogen) atoms. The van der Waals surface area contributed by atoms with Crippen LogP contribution in [0.15, 0.2) is 29.2 Å². The van der Waals surface area contributed by atoms with E-state index in [0.717, 1.165) is 12.8 Å². The molecule has 0 heterocycles. The van der Waals surface area contributed by atoms with E-state index in [0.29, 0.717) is 4.90 Å². The number of benzene rings is 1. The molecule has 1 aliphatic carbocycles. The maximum absolute atomic E-state index is 13.4. The van der Waals surface area contributed by atoms with Gasteiger partial charge in [0.1, 0.15) is 11.4 Å². The number of nitrogens with two attached hydrogens (primary N) is 1. The summed E-state index contributed by atoms with van der Waals surface area (Å²) in [5.41, 5.74) is 4.67. The lowest BCUT2D eigenvalue weighted by Gasteiger charge is -2.23. The minimum atomic E-state index is -1.23. The second-order valence-electron chi connectivity index (χ2n) is 4.34. The maximum atomic E-state index is 13.4. The highest BCUT2D eigenvalue weighted by atomic mass is 32.2. The van der Waals surface area contributed by atoms with Gasteiger partial charge in [-0.1, -0.05) is 12.1 Å². The van der Waals surface area contributed by atoms with E-state index >= 15 is 0 Å². The molecule has 1 aliphatic rings. The first-order valence-electron chi connectivity index (χ1n) is 5.43. The molecule has 1 fully saturated rings. The lowest BCUT2D eigenvalue weighted by molar-refractivity contribution is -0.143. The van der Waals surface area contributed by atoms with Gasteiger partial charge in [-0.2, -0.15) is 0 Å². The van der Waals surface area contributed by atoms with E-state index in [2.05, 4.69) is 0 Å². The lowest BCUT2D eigenvalue weighted by atomic mass is 9.98. The Morgan fingerprint density at radius 3 is 2.71 bits per heavy atom. The van der Waals surface area contributed by atoms with Crippen LogP contribution in [-0.4, -0.2) is 22.4 Å². The fourth-order valence-corrected chi connectivity index (χ4v) is 2.85. The molecular formula is C12H14FNO2S. The Balaban J connectivity index is 2.06. The predicted molar refractivity (Wildman–Crippen MR) is 64.4 cm³/mol. The van der Waals surface area contributed by atoms with Gasteiger partial charge >= 0.3 is 5.97 Å². The van der Waals surface area contributed by atoms with Crippen molar-refractivity contribution >= 4 is 17.7 Å². The largest absolute Gasteiger partial charge is 0.480 e. The Morgan fingerprint density at radius 1 is 1.53 bits per heavy atom. The summed E-state index contributed by atoms with van der Waals surface area (Å²) in [6.45, 7) is 0. The molecule has 5 heteroatoms. The molecule has 0 saturated heterocycles. The van der Waals surface area contributed by atoms with E-state index in [4.69, 9.17) is 10.8 Å². The molecule has 3 N–H and O–H groups in total. The third-order valence-electron chi connectivity index (χ3n) is 3.01. The third kappa shape index (κ3) is 2.61. The van der Waals surface area contributed by atoms with Crippen molar-refractivity contribution in [2.24, 2.45) is 11.7 Å². The van der Waals surface area contributed by atoms with Crippen molar-refractivity contribution in [2.45, 2.75) is 23.3 Å². The SMILES string of the molecule is NC(CSc1ccccc1F)(C(=O)O)C1CC1. The van der Waals surface area contributed by atoms with Crippen LogP contribution in [0.2, 0.25) is 0 Å². The van der Waals surface area contributed by atoms with E-state index in [1.54, 1.807) is 18.2 Å². The highest BCUT2D eigenvalue weighted by Gasteiger charge is 2.48. The number of hydrogen-bond acceptors (Lipinski definition) is 3.